The molecule has 1 fully saturated rings. The fourth-order valence-electron chi connectivity index (χ4n) is 2.67. The van der Waals surface area contributed by atoms with E-state index in [0.717, 1.165) is 19.3 Å². The van der Waals surface area contributed by atoms with E-state index < -0.39 is 24.1 Å². The Bertz CT molecular complexity index is 394. The van der Waals surface area contributed by atoms with E-state index in [4.69, 9.17) is 5.11 Å². The molecule has 0 spiro atoms. The highest BCUT2D eigenvalue weighted by Gasteiger charge is 2.38. The number of aliphatic hydroxyl groups excluding tert-OH is 1. The number of carbonyl (C=O) groups is 2. The highest BCUT2D eigenvalue weighted by atomic mass is 16.4. The number of aliphatic carboxylic acids is 1. The van der Waals surface area contributed by atoms with Gasteiger partial charge in [0.25, 0.3) is 0 Å². The van der Waals surface area contributed by atoms with Gasteiger partial charge in [0, 0.05) is 19.5 Å². The van der Waals surface area contributed by atoms with Crippen LogP contribution in [0.5, 0.6) is 0 Å². The number of nitrogens with one attached hydrogen (secondary N) is 1. The number of nitrogens with zero attached hydrogens (tertiary/aromatic N) is 1. The summed E-state index contributed by atoms with van der Waals surface area (Å²) < 4.78 is 0. The number of aliphatic hydroxyl groups is 1. The molecule has 3 N–H and O–H groups in total. The van der Waals surface area contributed by atoms with Crippen LogP contribution in [0.3, 0.4) is 0 Å². The van der Waals surface area contributed by atoms with Crippen LogP contribution in [0.1, 0.15) is 32.1 Å². The zero-order valence-electron chi connectivity index (χ0n) is 10.8. The Morgan fingerprint density at radius 3 is 2.89 bits per heavy atom. The van der Waals surface area contributed by atoms with Gasteiger partial charge in [-0.15, -0.1) is 0 Å². The lowest BCUT2D eigenvalue weighted by molar-refractivity contribution is -0.141. The van der Waals surface area contributed by atoms with Crippen molar-refractivity contribution < 1.29 is 19.8 Å². The number of hydrogen-bond acceptors (Lipinski definition) is 3. The van der Waals surface area contributed by atoms with Gasteiger partial charge in [-0.2, -0.15) is 0 Å². The van der Waals surface area contributed by atoms with Gasteiger partial charge in [-0.25, -0.2) is 9.59 Å². The van der Waals surface area contributed by atoms with Gasteiger partial charge in [0.2, 0.25) is 0 Å². The van der Waals surface area contributed by atoms with E-state index in [1.807, 2.05) is 0 Å². The van der Waals surface area contributed by atoms with E-state index >= 15 is 0 Å². The summed E-state index contributed by atoms with van der Waals surface area (Å²) in [7, 11) is 0. The Kier molecular flexibility index (Phi) is 4.42. The van der Waals surface area contributed by atoms with Crippen molar-refractivity contribution in [1.29, 1.82) is 0 Å². The Balaban J connectivity index is 1.79. The molecule has 106 valence electrons. The molecular formula is C13H20N2O4. The first-order valence-electron chi connectivity index (χ1n) is 6.71. The molecule has 2 amide bonds. The Morgan fingerprint density at radius 2 is 2.26 bits per heavy atom. The average Bonchev–Trinajstić information content (AvgIpc) is 2.98. The number of likely N-dealkylation sites (tertiary alicyclic amines) is 1. The molecule has 0 aromatic rings. The minimum absolute atomic E-state index is 0.0888. The molecule has 2 rings (SSSR count). The monoisotopic (exact) mass is 268 g/mol. The third kappa shape index (κ3) is 3.47. The maximum Gasteiger partial charge on any atom is 0.326 e. The number of carboxylic acid groups (broad SMARTS) is 1. The van der Waals surface area contributed by atoms with Gasteiger partial charge < -0.3 is 20.4 Å². The van der Waals surface area contributed by atoms with Crippen molar-refractivity contribution >= 4 is 12.0 Å². The first-order chi connectivity index (χ1) is 9.08. The van der Waals surface area contributed by atoms with Gasteiger partial charge in [0.1, 0.15) is 6.04 Å². The summed E-state index contributed by atoms with van der Waals surface area (Å²) in [6.45, 7) is 0.606. The number of urea groups is 1. The standard InChI is InChI=1S/C13H20N2O4/c16-10-7-11(12(17)18)15(8-10)13(19)14-6-5-9-3-1-2-4-9/h3,10-11,16H,1-2,4-8H2,(H,14,19)(H,17,18)/t10-,11-/m1/s1. The molecule has 6 heteroatoms. The molecule has 1 aliphatic carbocycles. The lowest BCUT2D eigenvalue weighted by atomic mass is 10.2. The fraction of sp³-hybridized carbons (Fsp3) is 0.692. The number of rotatable bonds is 4. The summed E-state index contributed by atoms with van der Waals surface area (Å²) in [6.07, 6.45) is 5.77. The molecule has 2 aliphatic rings. The molecule has 0 aromatic heterocycles. The van der Waals surface area contributed by atoms with Crippen molar-refractivity contribution in [3.05, 3.63) is 11.6 Å². The highest BCUT2D eigenvalue weighted by Crippen LogP contribution is 2.20. The first kappa shape index (κ1) is 13.9. The molecule has 0 unspecified atom stereocenters. The molecule has 2 atom stereocenters. The fourth-order valence-corrected chi connectivity index (χ4v) is 2.67. The maximum atomic E-state index is 11.9. The topological polar surface area (TPSA) is 89.9 Å². The Morgan fingerprint density at radius 1 is 1.47 bits per heavy atom. The number of β-amino-alcohol motifs (C(OH)–C–C–N with tert-alkyl or cyclic N) is 1. The van der Waals surface area contributed by atoms with Crippen molar-refractivity contribution in [2.24, 2.45) is 0 Å². The van der Waals surface area contributed by atoms with Crippen LogP contribution in [0, 0.1) is 0 Å². The van der Waals surface area contributed by atoms with E-state index in [2.05, 4.69) is 11.4 Å². The SMILES string of the molecule is O=C(O)[C@H]1C[C@@H](O)CN1C(=O)NCCC1=CCCC1. The van der Waals surface area contributed by atoms with E-state index in [0.29, 0.717) is 6.54 Å². The second-order valence-corrected chi connectivity index (χ2v) is 5.13. The number of carbonyl (C=O) groups excluding carboxylic acids is 1. The zero-order valence-corrected chi connectivity index (χ0v) is 10.8. The predicted molar refractivity (Wildman–Crippen MR) is 68.7 cm³/mol. The van der Waals surface area contributed by atoms with Gasteiger partial charge >= 0.3 is 12.0 Å². The summed E-state index contributed by atoms with van der Waals surface area (Å²) in [5.41, 5.74) is 1.36. The number of carboxylic acids is 1. The highest BCUT2D eigenvalue weighted by molar-refractivity contribution is 5.83. The van der Waals surface area contributed by atoms with E-state index in [-0.39, 0.29) is 13.0 Å². The molecule has 1 aliphatic heterocycles. The molecule has 0 saturated carbocycles. The minimum atomic E-state index is -1.06. The molecule has 1 heterocycles. The molecule has 6 nitrogen and oxygen atoms in total. The van der Waals surface area contributed by atoms with Crippen LogP contribution in [0.2, 0.25) is 0 Å². The van der Waals surface area contributed by atoms with E-state index in [1.165, 1.54) is 16.9 Å². The first-order valence-corrected chi connectivity index (χ1v) is 6.71. The van der Waals surface area contributed by atoms with E-state index in [9.17, 15) is 14.7 Å². The van der Waals surface area contributed by atoms with Gasteiger partial charge in [-0.05, 0) is 25.7 Å². The van der Waals surface area contributed by atoms with Crippen molar-refractivity contribution in [3.63, 3.8) is 0 Å². The molecular weight excluding hydrogens is 248 g/mol. The lowest BCUT2D eigenvalue weighted by Crippen LogP contribution is -2.46. The molecule has 1 saturated heterocycles. The molecule has 19 heavy (non-hydrogen) atoms. The van der Waals surface area contributed by atoms with Crippen LogP contribution in [0.25, 0.3) is 0 Å². The smallest absolute Gasteiger partial charge is 0.326 e. The number of hydrogen-bond donors (Lipinski definition) is 3. The second-order valence-electron chi connectivity index (χ2n) is 5.13. The Hall–Kier alpha value is -1.56. The van der Waals surface area contributed by atoms with E-state index in [1.54, 1.807) is 0 Å². The number of amides is 2. The van der Waals surface area contributed by atoms with Crippen molar-refractivity contribution in [2.75, 3.05) is 13.1 Å². The van der Waals surface area contributed by atoms with Crippen molar-refractivity contribution in [3.8, 4) is 0 Å². The van der Waals surface area contributed by atoms with Gasteiger partial charge in [-0.1, -0.05) is 11.6 Å². The normalized spacial score (nSPS) is 26.4. The third-order valence-electron chi connectivity index (χ3n) is 3.68. The summed E-state index contributed by atoms with van der Waals surface area (Å²) in [5.74, 6) is -1.06. The molecule has 0 bridgehead atoms. The number of allylic oxidation sites excluding steroid dienone is 1. The average molecular weight is 268 g/mol. The Labute approximate surface area is 112 Å². The zero-order chi connectivity index (χ0) is 13.8. The molecule has 0 aromatic carbocycles. The third-order valence-corrected chi connectivity index (χ3v) is 3.68. The van der Waals surface area contributed by atoms with Crippen LogP contribution in [-0.2, 0) is 4.79 Å². The van der Waals surface area contributed by atoms with Crippen LogP contribution < -0.4 is 5.32 Å². The van der Waals surface area contributed by atoms with Crippen LogP contribution in [0.4, 0.5) is 4.79 Å². The van der Waals surface area contributed by atoms with Crippen molar-refractivity contribution in [2.45, 2.75) is 44.2 Å². The maximum absolute atomic E-state index is 11.9. The predicted octanol–water partition coefficient (Wildman–Crippen LogP) is 0.716. The van der Waals surface area contributed by atoms with Crippen LogP contribution >= 0.6 is 0 Å². The largest absolute Gasteiger partial charge is 0.480 e. The summed E-state index contributed by atoms with van der Waals surface area (Å²) >= 11 is 0. The molecule has 0 radical (unpaired) electrons. The second kappa shape index (κ2) is 6.06. The lowest BCUT2D eigenvalue weighted by Gasteiger charge is -2.21. The quantitative estimate of drug-likeness (QED) is 0.655. The summed E-state index contributed by atoms with van der Waals surface area (Å²) in [4.78, 5) is 24.1. The van der Waals surface area contributed by atoms with Gasteiger partial charge in [0.05, 0.1) is 6.10 Å². The van der Waals surface area contributed by atoms with Crippen LogP contribution in [0.15, 0.2) is 11.6 Å². The summed E-state index contributed by atoms with van der Waals surface area (Å²) in [5, 5.41) is 21.2. The summed E-state index contributed by atoms with van der Waals surface area (Å²) in [6, 6.07) is -1.32. The van der Waals surface area contributed by atoms with Crippen LogP contribution in [-0.4, -0.2) is 52.3 Å². The van der Waals surface area contributed by atoms with Gasteiger partial charge in [-0.3, -0.25) is 0 Å². The minimum Gasteiger partial charge on any atom is -0.480 e. The van der Waals surface area contributed by atoms with Crippen molar-refractivity contribution in [1.82, 2.24) is 10.2 Å². The van der Waals surface area contributed by atoms with Gasteiger partial charge in [0.15, 0.2) is 0 Å².